The lowest BCUT2D eigenvalue weighted by atomic mass is 10.1. The quantitative estimate of drug-likeness (QED) is 0.602. The van der Waals surface area contributed by atoms with Crippen LogP contribution in [-0.2, 0) is 0 Å². The largest absolute Gasteiger partial charge is 0.497 e. The zero-order valence-electron chi connectivity index (χ0n) is 9.18. The summed E-state index contributed by atoms with van der Waals surface area (Å²) >= 11 is 1.54. The lowest BCUT2D eigenvalue weighted by Gasteiger charge is -2.03. The average Bonchev–Trinajstić information content (AvgIpc) is 2.39. The summed E-state index contributed by atoms with van der Waals surface area (Å²) in [4.78, 5) is 8.57. The van der Waals surface area contributed by atoms with E-state index >= 15 is 0 Å². The van der Waals surface area contributed by atoms with Gasteiger partial charge in [-0.05, 0) is 36.6 Å². The number of rotatable bonds is 3. The molecule has 0 amide bonds. The highest BCUT2D eigenvalue weighted by atomic mass is 32.2. The van der Waals surface area contributed by atoms with E-state index in [9.17, 15) is 0 Å². The van der Waals surface area contributed by atoms with E-state index in [0.717, 1.165) is 22.2 Å². The van der Waals surface area contributed by atoms with Gasteiger partial charge in [0.1, 0.15) is 5.75 Å². The number of benzene rings is 1. The highest BCUT2D eigenvalue weighted by Crippen LogP contribution is 2.21. The van der Waals surface area contributed by atoms with E-state index < -0.39 is 0 Å². The second kappa shape index (κ2) is 4.99. The number of methoxy groups -OCH3 is 1. The number of ether oxygens (including phenoxy) is 1. The number of hydrogen-bond acceptors (Lipinski definition) is 4. The normalized spacial score (nSPS) is 10.1. The summed E-state index contributed by atoms with van der Waals surface area (Å²) in [7, 11) is 1.66. The Morgan fingerprint density at radius 1 is 1.12 bits per heavy atom. The van der Waals surface area contributed by atoms with E-state index in [0.29, 0.717) is 0 Å². The van der Waals surface area contributed by atoms with Crippen LogP contribution in [0.4, 0.5) is 0 Å². The third-order valence-corrected chi connectivity index (χ3v) is 2.76. The minimum absolute atomic E-state index is 0.785. The van der Waals surface area contributed by atoms with E-state index in [4.69, 9.17) is 4.74 Å². The van der Waals surface area contributed by atoms with Gasteiger partial charge in [0.15, 0.2) is 5.16 Å². The van der Waals surface area contributed by atoms with Gasteiger partial charge in [-0.2, -0.15) is 0 Å². The van der Waals surface area contributed by atoms with Crippen LogP contribution in [-0.4, -0.2) is 23.3 Å². The average molecular weight is 232 g/mol. The molecule has 0 bridgehead atoms. The molecule has 1 aromatic carbocycles. The Bertz CT molecular complexity index is 471. The van der Waals surface area contributed by atoms with Crippen molar-refractivity contribution in [3.63, 3.8) is 0 Å². The first-order chi connectivity index (χ1) is 7.83. The van der Waals surface area contributed by atoms with Crippen LogP contribution >= 0.6 is 11.8 Å². The van der Waals surface area contributed by atoms with Crippen molar-refractivity contribution in [2.45, 2.75) is 5.16 Å². The molecule has 16 heavy (non-hydrogen) atoms. The fraction of sp³-hybridized carbons (Fsp3) is 0.167. The van der Waals surface area contributed by atoms with Crippen LogP contribution in [0.5, 0.6) is 5.75 Å². The topological polar surface area (TPSA) is 35.0 Å². The molecule has 0 N–H and O–H groups in total. The summed E-state index contributed by atoms with van der Waals surface area (Å²) in [5, 5.41) is 0.785. The summed E-state index contributed by atoms with van der Waals surface area (Å²) in [6.07, 6.45) is 3.74. The van der Waals surface area contributed by atoms with Crippen molar-refractivity contribution < 1.29 is 4.74 Å². The summed E-state index contributed by atoms with van der Waals surface area (Å²) in [5.41, 5.74) is 2.00. The van der Waals surface area contributed by atoms with E-state index in [-0.39, 0.29) is 0 Å². The predicted octanol–water partition coefficient (Wildman–Crippen LogP) is 2.87. The van der Waals surface area contributed by atoms with E-state index in [2.05, 4.69) is 9.97 Å². The van der Waals surface area contributed by atoms with Crippen molar-refractivity contribution in [3.8, 4) is 17.0 Å². The Morgan fingerprint density at radius 2 is 1.88 bits per heavy atom. The van der Waals surface area contributed by atoms with Crippen LogP contribution in [0.1, 0.15) is 0 Å². The fourth-order valence-corrected chi connectivity index (χ4v) is 1.72. The van der Waals surface area contributed by atoms with Crippen molar-refractivity contribution in [3.05, 3.63) is 36.5 Å². The number of hydrogen-bond donors (Lipinski definition) is 0. The molecule has 1 heterocycles. The van der Waals surface area contributed by atoms with Gasteiger partial charge in [-0.3, -0.25) is 0 Å². The molecule has 0 aliphatic rings. The molecular weight excluding hydrogens is 220 g/mol. The van der Waals surface area contributed by atoms with Crippen molar-refractivity contribution in [2.24, 2.45) is 0 Å². The Kier molecular flexibility index (Phi) is 3.41. The maximum atomic E-state index is 5.11. The lowest BCUT2D eigenvalue weighted by molar-refractivity contribution is 0.415. The standard InChI is InChI=1S/C12H12N2OS/c1-15-10-5-3-9(4-6-10)11-7-8-13-12(14-11)16-2/h3-8H,1-2H3. The molecule has 0 atom stereocenters. The van der Waals surface area contributed by atoms with Gasteiger partial charge < -0.3 is 4.74 Å². The molecule has 0 aliphatic heterocycles. The summed E-state index contributed by atoms with van der Waals surface area (Å²) in [6.45, 7) is 0. The molecule has 0 fully saturated rings. The second-order valence-electron chi connectivity index (χ2n) is 3.16. The number of thioether (sulfide) groups is 1. The van der Waals surface area contributed by atoms with Crippen molar-refractivity contribution in [2.75, 3.05) is 13.4 Å². The molecular formula is C12H12N2OS. The zero-order chi connectivity index (χ0) is 11.4. The third kappa shape index (κ3) is 2.33. The van der Waals surface area contributed by atoms with Gasteiger partial charge in [-0.15, -0.1) is 0 Å². The third-order valence-electron chi connectivity index (χ3n) is 2.20. The van der Waals surface area contributed by atoms with Crippen LogP contribution in [0.15, 0.2) is 41.7 Å². The van der Waals surface area contributed by atoms with E-state index in [1.165, 1.54) is 11.8 Å². The van der Waals surface area contributed by atoms with Crippen LogP contribution in [0, 0.1) is 0 Å². The monoisotopic (exact) mass is 232 g/mol. The van der Waals surface area contributed by atoms with Gasteiger partial charge in [0.25, 0.3) is 0 Å². The molecule has 0 aliphatic carbocycles. The molecule has 4 heteroatoms. The second-order valence-corrected chi connectivity index (χ2v) is 3.93. The zero-order valence-corrected chi connectivity index (χ0v) is 9.99. The first-order valence-corrected chi connectivity index (χ1v) is 6.07. The minimum Gasteiger partial charge on any atom is -0.497 e. The highest BCUT2D eigenvalue weighted by molar-refractivity contribution is 7.98. The van der Waals surface area contributed by atoms with Gasteiger partial charge in [0.2, 0.25) is 0 Å². The molecule has 0 unspecified atom stereocenters. The molecule has 0 saturated carbocycles. The minimum atomic E-state index is 0.785. The van der Waals surface area contributed by atoms with E-state index in [1.807, 2.05) is 36.6 Å². The maximum Gasteiger partial charge on any atom is 0.187 e. The van der Waals surface area contributed by atoms with E-state index in [1.54, 1.807) is 13.3 Å². The Balaban J connectivity index is 2.34. The van der Waals surface area contributed by atoms with Crippen LogP contribution in [0.2, 0.25) is 0 Å². The van der Waals surface area contributed by atoms with Crippen LogP contribution in [0.25, 0.3) is 11.3 Å². The Hall–Kier alpha value is -1.55. The molecule has 2 aromatic rings. The fourth-order valence-electron chi connectivity index (χ4n) is 1.36. The Labute approximate surface area is 98.9 Å². The van der Waals surface area contributed by atoms with Gasteiger partial charge >= 0.3 is 0 Å². The number of nitrogens with zero attached hydrogens (tertiary/aromatic N) is 2. The molecule has 82 valence electrons. The van der Waals surface area contributed by atoms with Crippen molar-refractivity contribution in [1.29, 1.82) is 0 Å². The first-order valence-electron chi connectivity index (χ1n) is 4.85. The number of aromatic nitrogens is 2. The molecule has 2 rings (SSSR count). The first kappa shape index (κ1) is 11.0. The molecule has 0 radical (unpaired) electrons. The summed E-state index contributed by atoms with van der Waals surface area (Å²) in [5.74, 6) is 0.850. The van der Waals surface area contributed by atoms with Gasteiger partial charge in [0, 0.05) is 11.8 Å². The van der Waals surface area contributed by atoms with Gasteiger partial charge in [-0.25, -0.2) is 9.97 Å². The van der Waals surface area contributed by atoms with Gasteiger partial charge in [-0.1, -0.05) is 11.8 Å². The molecule has 1 aromatic heterocycles. The van der Waals surface area contributed by atoms with Crippen LogP contribution < -0.4 is 4.74 Å². The van der Waals surface area contributed by atoms with Gasteiger partial charge in [0.05, 0.1) is 12.8 Å². The maximum absolute atomic E-state index is 5.11. The van der Waals surface area contributed by atoms with Crippen molar-refractivity contribution in [1.82, 2.24) is 9.97 Å². The lowest BCUT2D eigenvalue weighted by Crippen LogP contribution is -1.89. The highest BCUT2D eigenvalue weighted by Gasteiger charge is 2.01. The molecule has 0 saturated heterocycles. The van der Waals surface area contributed by atoms with Crippen molar-refractivity contribution >= 4 is 11.8 Å². The molecule has 3 nitrogen and oxygen atoms in total. The molecule has 0 spiro atoms. The smallest absolute Gasteiger partial charge is 0.187 e. The predicted molar refractivity (Wildman–Crippen MR) is 65.8 cm³/mol. The SMILES string of the molecule is COc1ccc(-c2ccnc(SC)n2)cc1. The summed E-state index contributed by atoms with van der Waals surface area (Å²) < 4.78 is 5.11. The Morgan fingerprint density at radius 3 is 2.50 bits per heavy atom. The van der Waals surface area contributed by atoms with Crippen LogP contribution in [0.3, 0.4) is 0 Å². The summed E-state index contributed by atoms with van der Waals surface area (Å²) in [6, 6.07) is 9.74.